The highest BCUT2D eigenvalue weighted by Crippen LogP contribution is 2.46. The van der Waals surface area contributed by atoms with E-state index in [2.05, 4.69) is 20.8 Å². The monoisotopic (exact) mass is 429 g/mol. The van der Waals surface area contributed by atoms with Crippen molar-refractivity contribution in [1.29, 1.82) is 0 Å². The topological polar surface area (TPSA) is 110 Å². The number of anilines is 1. The van der Waals surface area contributed by atoms with Crippen molar-refractivity contribution >= 4 is 11.9 Å². The fourth-order valence-electron chi connectivity index (χ4n) is 3.09. The molecule has 0 saturated heterocycles. The Morgan fingerprint density at radius 2 is 1.77 bits per heavy atom. The van der Waals surface area contributed by atoms with Crippen molar-refractivity contribution in [3.05, 3.63) is 29.0 Å². The minimum Gasteiger partial charge on any atom is -0.496 e. The summed E-state index contributed by atoms with van der Waals surface area (Å²) in [6, 6.07) is 1.41. The molecule has 0 aliphatic carbocycles. The van der Waals surface area contributed by atoms with Gasteiger partial charge in [-0.1, -0.05) is 5.10 Å². The molecule has 1 aliphatic rings. The van der Waals surface area contributed by atoms with Crippen molar-refractivity contribution in [3.63, 3.8) is 0 Å². The molecule has 0 fully saturated rings. The van der Waals surface area contributed by atoms with Crippen molar-refractivity contribution < 1.29 is 36.9 Å². The number of benzene rings is 1. The Bertz CT molecular complexity index is 989. The standard InChI is InChI=1S/C17H18F3N5O5/c1-5-30-15(26)12-13(8-6-10(28-3)11(29-4)7-9(8)27-2)25-16(22-23-24-25)21-14(12)17(18,19)20/h6-7,13H,5H2,1-4H3,(H,21,22,24)/t13-/m1/s1. The molecule has 1 N–H and O–H groups in total. The van der Waals surface area contributed by atoms with Crippen LogP contribution in [0.1, 0.15) is 18.5 Å². The second-order valence-corrected chi connectivity index (χ2v) is 5.93. The molecule has 2 aromatic rings. The van der Waals surface area contributed by atoms with E-state index in [-0.39, 0.29) is 35.4 Å². The summed E-state index contributed by atoms with van der Waals surface area (Å²) in [5.41, 5.74) is -1.92. The van der Waals surface area contributed by atoms with E-state index in [1.54, 1.807) is 0 Å². The summed E-state index contributed by atoms with van der Waals surface area (Å²) in [6.07, 6.45) is -4.92. The number of carbonyl (C=O) groups is 1. The van der Waals surface area contributed by atoms with E-state index in [9.17, 15) is 18.0 Å². The molecule has 0 saturated carbocycles. The average molecular weight is 429 g/mol. The van der Waals surface area contributed by atoms with Crippen LogP contribution in [-0.4, -0.2) is 60.3 Å². The van der Waals surface area contributed by atoms with Gasteiger partial charge < -0.3 is 24.3 Å². The average Bonchev–Trinajstić information content (AvgIpc) is 3.19. The normalized spacial score (nSPS) is 15.9. The molecule has 1 aliphatic heterocycles. The number of rotatable bonds is 6. The molecule has 3 rings (SSSR count). The summed E-state index contributed by atoms with van der Waals surface area (Å²) < 4.78 is 63.3. The number of alkyl halides is 3. The number of hydrogen-bond acceptors (Lipinski definition) is 9. The first-order valence-electron chi connectivity index (χ1n) is 8.60. The molecule has 0 unspecified atom stereocenters. The summed E-state index contributed by atoms with van der Waals surface area (Å²) >= 11 is 0. The zero-order valence-electron chi connectivity index (χ0n) is 16.4. The molecule has 30 heavy (non-hydrogen) atoms. The van der Waals surface area contributed by atoms with E-state index in [1.165, 1.54) is 40.4 Å². The van der Waals surface area contributed by atoms with Crippen LogP contribution in [0.4, 0.5) is 19.1 Å². The highest BCUT2D eigenvalue weighted by atomic mass is 19.4. The molecule has 13 heteroatoms. The Kier molecular flexibility index (Phi) is 5.71. The number of hydrogen-bond donors (Lipinski definition) is 1. The van der Waals surface area contributed by atoms with Crippen LogP contribution in [0, 0.1) is 0 Å². The quantitative estimate of drug-likeness (QED) is 0.690. The van der Waals surface area contributed by atoms with Gasteiger partial charge in [-0.15, -0.1) is 0 Å². The summed E-state index contributed by atoms with van der Waals surface area (Å²) in [4.78, 5) is 12.6. The predicted molar refractivity (Wildman–Crippen MR) is 95.4 cm³/mol. The number of fused-ring (bicyclic) bond motifs is 1. The SMILES string of the molecule is CCOC(=O)C1=C(C(F)(F)F)Nc2nnnn2[C@@H]1c1cc(OC)c(OC)cc1OC. The minimum atomic E-state index is -4.92. The highest BCUT2D eigenvalue weighted by molar-refractivity contribution is 5.93. The zero-order chi connectivity index (χ0) is 22.1. The number of ether oxygens (including phenoxy) is 4. The molecule has 1 atom stereocenters. The Hall–Kier alpha value is -3.51. The Labute approximate surface area is 168 Å². The van der Waals surface area contributed by atoms with Gasteiger partial charge in [0.15, 0.2) is 11.5 Å². The van der Waals surface area contributed by atoms with Gasteiger partial charge in [0.25, 0.3) is 0 Å². The van der Waals surface area contributed by atoms with Gasteiger partial charge in [0, 0.05) is 11.6 Å². The second-order valence-electron chi connectivity index (χ2n) is 5.93. The summed E-state index contributed by atoms with van der Waals surface area (Å²) in [5, 5.41) is 12.8. The lowest BCUT2D eigenvalue weighted by Crippen LogP contribution is -2.35. The molecular formula is C17H18F3N5O5. The maximum Gasteiger partial charge on any atom is 0.431 e. The van der Waals surface area contributed by atoms with Crippen molar-refractivity contribution in [1.82, 2.24) is 20.2 Å². The third kappa shape index (κ3) is 3.57. The predicted octanol–water partition coefficient (Wildman–Crippen LogP) is 2.09. The first-order chi connectivity index (χ1) is 14.3. The molecule has 0 amide bonds. The maximum absolute atomic E-state index is 13.8. The lowest BCUT2D eigenvalue weighted by molar-refractivity contribution is -0.140. The van der Waals surface area contributed by atoms with Crippen LogP contribution in [0.2, 0.25) is 0 Å². The van der Waals surface area contributed by atoms with Crippen LogP contribution in [0.5, 0.6) is 17.2 Å². The number of allylic oxidation sites excluding steroid dienone is 1. The molecule has 1 aromatic carbocycles. The van der Waals surface area contributed by atoms with E-state index >= 15 is 0 Å². The van der Waals surface area contributed by atoms with E-state index in [4.69, 9.17) is 18.9 Å². The molecule has 0 bridgehead atoms. The number of esters is 1. The molecular weight excluding hydrogens is 411 g/mol. The van der Waals surface area contributed by atoms with Gasteiger partial charge in [0.2, 0.25) is 5.95 Å². The second kappa shape index (κ2) is 8.08. The van der Waals surface area contributed by atoms with E-state index in [0.717, 1.165) is 4.68 Å². The summed E-state index contributed by atoms with van der Waals surface area (Å²) in [7, 11) is 4.08. The highest BCUT2D eigenvalue weighted by Gasteiger charge is 2.47. The van der Waals surface area contributed by atoms with Crippen LogP contribution in [0.15, 0.2) is 23.4 Å². The third-order valence-electron chi connectivity index (χ3n) is 4.33. The van der Waals surface area contributed by atoms with Gasteiger partial charge in [-0.05, 0) is 23.4 Å². The van der Waals surface area contributed by atoms with Crippen molar-refractivity contribution in [2.45, 2.75) is 19.1 Å². The number of carbonyl (C=O) groups excluding carboxylic acids is 1. The van der Waals surface area contributed by atoms with Crippen LogP contribution >= 0.6 is 0 Å². The maximum atomic E-state index is 13.8. The first-order valence-corrected chi connectivity index (χ1v) is 8.60. The Morgan fingerprint density at radius 1 is 1.13 bits per heavy atom. The van der Waals surface area contributed by atoms with Crippen LogP contribution < -0.4 is 19.5 Å². The summed E-state index contributed by atoms with van der Waals surface area (Å²) in [5.74, 6) is -0.873. The molecule has 0 spiro atoms. The van der Waals surface area contributed by atoms with Crippen molar-refractivity contribution in [2.24, 2.45) is 0 Å². The molecule has 1 aromatic heterocycles. The molecule has 2 heterocycles. The van der Waals surface area contributed by atoms with Gasteiger partial charge in [0.1, 0.15) is 17.5 Å². The van der Waals surface area contributed by atoms with Gasteiger partial charge in [-0.2, -0.15) is 17.9 Å². The van der Waals surface area contributed by atoms with Crippen LogP contribution in [0.3, 0.4) is 0 Å². The van der Waals surface area contributed by atoms with E-state index in [0.29, 0.717) is 0 Å². The van der Waals surface area contributed by atoms with Gasteiger partial charge in [-0.25, -0.2) is 4.79 Å². The molecule has 10 nitrogen and oxygen atoms in total. The number of nitrogens with one attached hydrogen (secondary N) is 1. The smallest absolute Gasteiger partial charge is 0.431 e. The van der Waals surface area contributed by atoms with Crippen molar-refractivity contribution in [3.8, 4) is 17.2 Å². The minimum absolute atomic E-state index is 0.129. The Balaban J connectivity index is 2.35. The van der Waals surface area contributed by atoms with E-state index < -0.39 is 29.5 Å². The van der Waals surface area contributed by atoms with Crippen LogP contribution in [0.25, 0.3) is 0 Å². The van der Waals surface area contributed by atoms with Crippen LogP contribution in [-0.2, 0) is 9.53 Å². The molecule has 0 radical (unpaired) electrons. The number of tetrazole rings is 1. The number of methoxy groups -OCH3 is 3. The number of aromatic nitrogens is 4. The third-order valence-corrected chi connectivity index (χ3v) is 4.33. The lowest BCUT2D eigenvalue weighted by Gasteiger charge is -2.30. The fraction of sp³-hybridized carbons (Fsp3) is 0.412. The molecule has 162 valence electrons. The zero-order valence-corrected chi connectivity index (χ0v) is 16.4. The summed E-state index contributed by atoms with van der Waals surface area (Å²) in [6.45, 7) is 1.35. The van der Waals surface area contributed by atoms with E-state index in [1.807, 2.05) is 0 Å². The van der Waals surface area contributed by atoms with Gasteiger partial charge in [0.05, 0.1) is 33.5 Å². The Morgan fingerprint density at radius 3 is 2.33 bits per heavy atom. The van der Waals surface area contributed by atoms with Gasteiger partial charge in [-0.3, -0.25) is 0 Å². The number of halogens is 3. The lowest BCUT2D eigenvalue weighted by atomic mass is 9.94. The largest absolute Gasteiger partial charge is 0.496 e. The number of nitrogens with zero attached hydrogens (tertiary/aromatic N) is 4. The fourth-order valence-corrected chi connectivity index (χ4v) is 3.09. The first kappa shape index (κ1) is 21.2. The van der Waals surface area contributed by atoms with Crippen molar-refractivity contribution in [2.75, 3.05) is 33.3 Å². The van der Waals surface area contributed by atoms with Gasteiger partial charge >= 0.3 is 12.1 Å².